The summed E-state index contributed by atoms with van der Waals surface area (Å²) in [6.45, 7) is 13.0. The van der Waals surface area contributed by atoms with E-state index >= 15 is 0 Å². The predicted molar refractivity (Wildman–Crippen MR) is 133 cm³/mol. The molecule has 2 aromatic rings. The van der Waals surface area contributed by atoms with E-state index in [1.54, 1.807) is 0 Å². The van der Waals surface area contributed by atoms with Gasteiger partial charge in [-0.25, -0.2) is 0 Å². The minimum atomic E-state index is 0.569. The summed E-state index contributed by atoms with van der Waals surface area (Å²) in [5, 5.41) is 8.34. The smallest absolute Gasteiger partial charge is 0.248 e. The largest absolute Gasteiger partial charge is 0.417 e. The Hall–Kier alpha value is -2.68. The average molecular weight is 419 g/mol. The summed E-state index contributed by atoms with van der Waals surface area (Å²) in [4.78, 5) is 0. The number of nitrogens with zero attached hydrogens (tertiary/aromatic N) is 2. The Balaban J connectivity index is 1.77. The van der Waals surface area contributed by atoms with Crippen LogP contribution in [0, 0.1) is 6.92 Å². The molecule has 0 radical (unpaired) electrons. The second-order valence-electron chi connectivity index (χ2n) is 8.80. The van der Waals surface area contributed by atoms with Crippen LogP contribution in [0.15, 0.2) is 69.2 Å². The molecule has 0 bridgehead atoms. The van der Waals surface area contributed by atoms with Crippen LogP contribution in [-0.2, 0) is 0 Å². The Kier molecular flexibility index (Phi) is 10.2. The number of rotatable bonds is 11. The van der Waals surface area contributed by atoms with Crippen molar-refractivity contribution in [2.45, 2.75) is 80.1 Å². The van der Waals surface area contributed by atoms with Crippen LogP contribution >= 0.6 is 0 Å². The van der Waals surface area contributed by atoms with Gasteiger partial charge in [0.05, 0.1) is 0 Å². The Morgan fingerprint density at radius 1 is 0.742 bits per heavy atom. The summed E-state index contributed by atoms with van der Waals surface area (Å²) in [5.74, 6) is 1.14. The number of hydrogen-bond donors (Lipinski definition) is 0. The molecule has 166 valence electrons. The fourth-order valence-electron chi connectivity index (χ4n) is 3.27. The van der Waals surface area contributed by atoms with Gasteiger partial charge in [-0.15, -0.1) is 10.2 Å². The fraction of sp³-hybridized carbons (Fsp3) is 0.429. The molecule has 3 heteroatoms. The number of allylic oxidation sites excluding steroid dienone is 7. The topological polar surface area (TPSA) is 38.9 Å². The standard InChI is InChI=1S/C28H38N2O/c1-21(2)10-7-11-22(3)12-8-13-23(4)14-9-15-25(6)20-27-29-30-28(31-27)26-18-16-24(5)17-19-26/h10,12,14,16-20H,7-9,11,13,15H2,1-6H3/b22-12+,23-14+,25-20+. The highest BCUT2D eigenvalue weighted by Crippen LogP contribution is 2.20. The van der Waals surface area contributed by atoms with Crippen LogP contribution in [0.5, 0.6) is 0 Å². The maximum Gasteiger partial charge on any atom is 0.248 e. The summed E-state index contributed by atoms with van der Waals surface area (Å²) < 4.78 is 5.80. The number of aryl methyl sites for hydroxylation is 1. The van der Waals surface area contributed by atoms with Gasteiger partial charge in [-0.3, -0.25) is 0 Å². The molecule has 0 amide bonds. The fourth-order valence-corrected chi connectivity index (χ4v) is 3.27. The lowest BCUT2D eigenvalue weighted by atomic mass is 10.0. The number of benzene rings is 1. The lowest BCUT2D eigenvalue weighted by Crippen LogP contribution is -1.82. The molecular weight excluding hydrogens is 380 g/mol. The molecular formula is C28H38N2O. The van der Waals surface area contributed by atoms with Crippen molar-refractivity contribution in [1.29, 1.82) is 0 Å². The van der Waals surface area contributed by atoms with Crippen LogP contribution in [0.25, 0.3) is 17.5 Å². The summed E-state index contributed by atoms with van der Waals surface area (Å²) >= 11 is 0. The van der Waals surface area contributed by atoms with E-state index in [0.29, 0.717) is 11.8 Å². The highest BCUT2D eigenvalue weighted by Gasteiger charge is 2.06. The monoisotopic (exact) mass is 418 g/mol. The van der Waals surface area contributed by atoms with Crippen molar-refractivity contribution in [3.8, 4) is 11.5 Å². The van der Waals surface area contributed by atoms with E-state index in [0.717, 1.165) is 37.7 Å². The molecule has 1 heterocycles. The summed E-state index contributed by atoms with van der Waals surface area (Å²) in [5.41, 5.74) is 7.78. The zero-order valence-electron chi connectivity index (χ0n) is 20.2. The molecule has 0 saturated carbocycles. The summed E-state index contributed by atoms with van der Waals surface area (Å²) in [6, 6.07) is 8.13. The summed E-state index contributed by atoms with van der Waals surface area (Å²) in [7, 11) is 0. The van der Waals surface area contributed by atoms with Gasteiger partial charge in [0.2, 0.25) is 11.8 Å². The Morgan fingerprint density at radius 2 is 1.29 bits per heavy atom. The maximum absolute atomic E-state index is 5.80. The van der Waals surface area contributed by atoms with Gasteiger partial charge in [0, 0.05) is 11.6 Å². The van der Waals surface area contributed by atoms with E-state index in [9.17, 15) is 0 Å². The second kappa shape index (κ2) is 12.9. The van der Waals surface area contributed by atoms with Crippen LogP contribution in [0.1, 0.15) is 84.6 Å². The van der Waals surface area contributed by atoms with Crippen molar-refractivity contribution < 1.29 is 4.42 Å². The molecule has 0 atom stereocenters. The molecule has 2 rings (SSSR count). The molecule has 3 nitrogen and oxygen atoms in total. The molecule has 0 aliphatic carbocycles. The number of hydrogen-bond acceptors (Lipinski definition) is 3. The predicted octanol–water partition coefficient (Wildman–Crippen LogP) is 8.65. The Bertz CT molecular complexity index is 936. The first-order valence-electron chi connectivity index (χ1n) is 11.4. The third kappa shape index (κ3) is 9.78. The second-order valence-corrected chi connectivity index (χ2v) is 8.80. The lowest BCUT2D eigenvalue weighted by molar-refractivity contribution is 0.557. The van der Waals surface area contributed by atoms with E-state index in [4.69, 9.17) is 4.42 Å². The van der Waals surface area contributed by atoms with Crippen LogP contribution < -0.4 is 0 Å². The van der Waals surface area contributed by atoms with Crippen LogP contribution in [0.3, 0.4) is 0 Å². The van der Waals surface area contributed by atoms with Gasteiger partial charge < -0.3 is 4.42 Å². The molecule has 0 aliphatic rings. The maximum atomic E-state index is 5.80. The highest BCUT2D eigenvalue weighted by molar-refractivity contribution is 5.54. The van der Waals surface area contributed by atoms with E-state index in [2.05, 4.69) is 82.1 Å². The van der Waals surface area contributed by atoms with Crippen molar-refractivity contribution in [3.63, 3.8) is 0 Å². The zero-order valence-corrected chi connectivity index (χ0v) is 20.2. The van der Waals surface area contributed by atoms with Gasteiger partial charge in [0.25, 0.3) is 0 Å². The van der Waals surface area contributed by atoms with Crippen molar-refractivity contribution in [1.82, 2.24) is 10.2 Å². The van der Waals surface area contributed by atoms with Gasteiger partial charge >= 0.3 is 0 Å². The van der Waals surface area contributed by atoms with Gasteiger partial charge in [-0.05, 0) is 92.2 Å². The minimum absolute atomic E-state index is 0.569. The first kappa shape index (κ1) is 24.6. The van der Waals surface area contributed by atoms with Crippen LogP contribution in [-0.4, -0.2) is 10.2 Å². The highest BCUT2D eigenvalue weighted by atomic mass is 16.4. The van der Waals surface area contributed by atoms with Crippen molar-refractivity contribution >= 4 is 6.08 Å². The van der Waals surface area contributed by atoms with Gasteiger partial charge in [0.1, 0.15) is 0 Å². The molecule has 0 saturated heterocycles. The zero-order chi connectivity index (χ0) is 22.6. The quantitative estimate of drug-likeness (QED) is 0.343. The normalized spacial score (nSPS) is 12.9. The van der Waals surface area contributed by atoms with Crippen molar-refractivity contribution in [3.05, 3.63) is 76.2 Å². The van der Waals surface area contributed by atoms with Gasteiger partial charge in [-0.1, -0.05) is 58.2 Å². The SMILES string of the molecule is CC(C)=CCC/C(C)=C/CC/C(C)=C/CC/C(C)=C/c1nnc(-c2ccc(C)cc2)o1. The lowest BCUT2D eigenvalue weighted by Gasteiger charge is -2.02. The van der Waals surface area contributed by atoms with Crippen LogP contribution in [0.2, 0.25) is 0 Å². The molecule has 31 heavy (non-hydrogen) atoms. The average Bonchev–Trinajstić information content (AvgIpc) is 3.16. The first-order valence-corrected chi connectivity index (χ1v) is 11.4. The van der Waals surface area contributed by atoms with E-state index in [1.165, 1.54) is 34.3 Å². The molecule has 0 N–H and O–H groups in total. The molecule has 1 aromatic carbocycles. The molecule has 1 aromatic heterocycles. The van der Waals surface area contributed by atoms with Crippen molar-refractivity contribution in [2.75, 3.05) is 0 Å². The Morgan fingerprint density at radius 3 is 1.87 bits per heavy atom. The van der Waals surface area contributed by atoms with Gasteiger partial charge in [0.15, 0.2) is 0 Å². The molecule has 0 aliphatic heterocycles. The van der Waals surface area contributed by atoms with Gasteiger partial charge in [-0.2, -0.15) is 0 Å². The Labute approximate surface area is 188 Å². The third-order valence-electron chi connectivity index (χ3n) is 5.26. The van der Waals surface area contributed by atoms with Crippen LogP contribution in [0.4, 0.5) is 0 Å². The number of aromatic nitrogens is 2. The third-order valence-corrected chi connectivity index (χ3v) is 5.26. The van der Waals surface area contributed by atoms with E-state index in [1.807, 2.05) is 18.2 Å². The van der Waals surface area contributed by atoms with Crippen molar-refractivity contribution in [2.24, 2.45) is 0 Å². The summed E-state index contributed by atoms with van der Waals surface area (Å²) in [6.07, 6.45) is 15.7. The first-order chi connectivity index (χ1) is 14.8. The van der Waals surface area contributed by atoms with E-state index < -0.39 is 0 Å². The molecule has 0 unspecified atom stereocenters. The molecule has 0 spiro atoms. The minimum Gasteiger partial charge on any atom is -0.417 e. The van der Waals surface area contributed by atoms with E-state index in [-0.39, 0.29) is 0 Å². The molecule has 0 fully saturated rings.